The van der Waals surface area contributed by atoms with Gasteiger partial charge in [-0.15, -0.1) is 0 Å². The second kappa shape index (κ2) is 76.8. The third-order valence-electron chi connectivity index (χ3n) is 17.9. The monoisotopic (exact) mass is 1200 g/mol. The molecule has 0 saturated carbocycles. The number of hydrogen-bond donors (Lipinski definition) is 3. The Hall–Kier alpha value is -2.43. The highest BCUT2D eigenvalue weighted by Crippen LogP contribution is 2.20. The average molecular weight is 1200 g/mol. The molecule has 0 bridgehead atoms. The van der Waals surface area contributed by atoms with Crippen molar-refractivity contribution in [3.63, 3.8) is 0 Å². The van der Waals surface area contributed by atoms with Crippen molar-refractivity contribution >= 4 is 5.91 Å². The second-order valence-corrected chi connectivity index (χ2v) is 26.4. The standard InChI is InChI=1S/C82H151NO3/c1-3-5-7-9-11-13-15-17-19-21-23-25-27-29-31-33-35-37-38-39-40-41-42-43-44-46-48-50-52-54-56-58-60-62-64-66-68-70-72-74-76-78-82(86)83-80(79-84)81(85)77-75-73-71-69-67-65-63-61-59-57-55-53-51-49-47-45-36-34-32-30-28-26-24-22-20-18-16-14-12-10-8-6-4-2/h5,7,11,13,17,19,23,25,29,31,35,37,75,77,80-81,84-85H,3-4,6,8-10,12,14-16,18,20-22,24,26-28,30,32-34,36,38-74,76,78-79H2,1-2H3,(H,83,86)/b7-5-,13-11-,19-17-,25-23-,31-29-,37-35-,77-75+. The molecule has 2 atom stereocenters. The first-order valence-corrected chi connectivity index (χ1v) is 38.8. The Labute approximate surface area is 539 Å². The second-order valence-electron chi connectivity index (χ2n) is 26.4. The molecule has 0 saturated heterocycles. The summed E-state index contributed by atoms with van der Waals surface area (Å²) in [6.45, 7) is 4.24. The fourth-order valence-corrected chi connectivity index (χ4v) is 12.1. The molecule has 0 aromatic carbocycles. The fraction of sp³-hybridized carbons (Fsp3) is 0.817. The van der Waals surface area contributed by atoms with Gasteiger partial charge in [-0.1, -0.05) is 420 Å². The van der Waals surface area contributed by atoms with Crippen LogP contribution in [0.15, 0.2) is 85.1 Å². The molecular formula is C82H151NO3. The molecule has 0 heterocycles. The average Bonchev–Trinajstić information content (AvgIpc) is 3.59. The smallest absolute Gasteiger partial charge is 0.220 e. The van der Waals surface area contributed by atoms with Gasteiger partial charge in [-0.25, -0.2) is 0 Å². The predicted molar refractivity (Wildman–Crippen MR) is 387 cm³/mol. The number of aliphatic hydroxyl groups is 2. The van der Waals surface area contributed by atoms with Gasteiger partial charge in [0.05, 0.1) is 18.8 Å². The number of nitrogens with one attached hydrogen (secondary N) is 1. The molecule has 0 aromatic rings. The lowest BCUT2D eigenvalue weighted by atomic mass is 10.0. The minimum absolute atomic E-state index is 0.0570. The molecule has 2 unspecified atom stereocenters. The number of allylic oxidation sites excluding steroid dienone is 13. The third kappa shape index (κ3) is 72.3. The Morgan fingerprint density at radius 1 is 0.291 bits per heavy atom. The molecule has 502 valence electrons. The van der Waals surface area contributed by atoms with E-state index in [0.29, 0.717) is 6.42 Å². The van der Waals surface area contributed by atoms with Gasteiger partial charge in [0.1, 0.15) is 0 Å². The van der Waals surface area contributed by atoms with Crippen molar-refractivity contribution in [2.75, 3.05) is 6.61 Å². The highest BCUT2D eigenvalue weighted by atomic mass is 16.3. The summed E-state index contributed by atoms with van der Waals surface area (Å²) < 4.78 is 0. The van der Waals surface area contributed by atoms with E-state index >= 15 is 0 Å². The Morgan fingerprint density at radius 3 is 0.767 bits per heavy atom. The number of carbonyl (C=O) groups is 1. The Bertz CT molecular complexity index is 1500. The largest absolute Gasteiger partial charge is 0.394 e. The summed E-state index contributed by atoms with van der Waals surface area (Å²) in [5.74, 6) is -0.0570. The zero-order valence-corrected chi connectivity index (χ0v) is 58.1. The van der Waals surface area contributed by atoms with Crippen LogP contribution in [0.1, 0.15) is 412 Å². The molecule has 3 N–H and O–H groups in total. The van der Waals surface area contributed by atoms with Crippen molar-refractivity contribution in [3.05, 3.63) is 85.1 Å². The van der Waals surface area contributed by atoms with Crippen LogP contribution >= 0.6 is 0 Å². The van der Waals surface area contributed by atoms with Gasteiger partial charge in [0.15, 0.2) is 0 Å². The summed E-state index contributed by atoms with van der Waals surface area (Å²) in [5.41, 5.74) is 0. The van der Waals surface area contributed by atoms with E-state index in [1.54, 1.807) is 6.08 Å². The van der Waals surface area contributed by atoms with Crippen LogP contribution in [0.5, 0.6) is 0 Å². The molecule has 0 rings (SSSR count). The van der Waals surface area contributed by atoms with Gasteiger partial charge in [-0.3, -0.25) is 4.79 Å². The van der Waals surface area contributed by atoms with E-state index in [9.17, 15) is 15.0 Å². The fourth-order valence-electron chi connectivity index (χ4n) is 12.1. The van der Waals surface area contributed by atoms with E-state index in [0.717, 1.165) is 64.2 Å². The molecule has 1 amide bonds. The lowest BCUT2D eigenvalue weighted by molar-refractivity contribution is -0.123. The van der Waals surface area contributed by atoms with Crippen LogP contribution < -0.4 is 5.32 Å². The van der Waals surface area contributed by atoms with E-state index < -0.39 is 12.1 Å². The third-order valence-corrected chi connectivity index (χ3v) is 17.9. The zero-order valence-electron chi connectivity index (χ0n) is 58.1. The normalized spacial score (nSPS) is 13.1. The minimum Gasteiger partial charge on any atom is -0.394 e. The number of carbonyl (C=O) groups excluding carboxylic acids is 1. The van der Waals surface area contributed by atoms with E-state index in [1.165, 1.54) is 327 Å². The highest BCUT2D eigenvalue weighted by Gasteiger charge is 2.18. The number of unbranched alkanes of at least 4 members (excludes halogenated alkanes) is 53. The summed E-state index contributed by atoms with van der Waals surface area (Å²) in [6, 6.07) is -0.626. The molecule has 0 aromatic heterocycles. The zero-order chi connectivity index (χ0) is 61.9. The topological polar surface area (TPSA) is 69.6 Å². The van der Waals surface area contributed by atoms with Crippen molar-refractivity contribution < 1.29 is 15.0 Å². The van der Waals surface area contributed by atoms with Gasteiger partial charge >= 0.3 is 0 Å². The highest BCUT2D eigenvalue weighted by molar-refractivity contribution is 5.76. The summed E-state index contributed by atoms with van der Waals surface area (Å²) in [6.07, 6.45) is 113. The number of amides is 1. The van der Waals surface area contributed by atoms with Crippen LogP contribution in [0.3, 0.4) is 0 Å². The van der Waals surface area contributed by atoms with Crippen molar-refractivity contribution in [1.29, 1.82) is 0 Å². The Kier molecular flexibility index (Phi) is 74.6. The van der Waals surface area contributed by atoms with Crippen molar-refractivity contribution in [2.45, 2.75) is 424 Å². The number of aliphatic hydroxyl groups excluding tert-OH is 2. The first kappa shape index (κ1) is 83.6. The van der Waals surface area contributed by atoms with Crippen LogP contribution in [0.2, 0.25) is 0 Å². The molecule has 0 aliphatic carbocycles. The van der Waals surface area contributed by atoms with Gasteiger partial charge in [-0.05, 0) is 70.6 Å². The predicted octanol–water partition coefficient (Wildman–Crippen LogP) is 26.9. The van der Waals surface area contributed by atoms with Gasteiger partial charge < -0.3 is 15.5 Å². The quantitative estimate of drug-likeness (QED) is 0.0420. The summed E-state index contributed by atoms with van der Waals surface area (Å²) >= 11 is 0. The molecule has 0 radical (unpaired) electrons. The van der Waals surface area contributed by atoms with Gasteiger partial charge in [0.2, 0.25) is 5.91 Å². The molecule has 0 spiro atoms. The van der Waals surface area contributed by atoms with Crippen molar-refractivity contribution in [2.24, 2.45) is 0 Å². The summed E-state index contributed by atoms with van der Waals surface area (Å²) in [5, 5.41) is 23.4. The maximum atomic E-state index is 12.6. The minimum atomic E-state index is -0.843. The van der Waals surface area contributed by atoms with Crippen molar-refractivity contribution in [3.8, 4) is 0 Å². The molecule has 0 aliphatic heterocycles. The molecular weight excluding hydrogens is 1050 g/mol. The molecule has 4 heteroatoms. The number of rotatable bonds is 72. The van der Waals surface area contributed by atoms with Crippen LogP contribution in [0, 0.1) is 0 Å². The molecule has 86 heavy (non-hydrogen) atoms. The SMILES string of the molecule is CC/C=C\C/C=C\C/C=C\C/C=C\C/C=C\C/C=C\CCCCCCCCCCCCCCCCCCCCCCCCC(=O)NC(CO)C(O)/C=C/CCCCCCCCCCCCCCCCCCCCCCCCCCCCCCCCC. The summed E-state index contributed by atoms with van der Waals surface area (Å²) in [4.78, 5) is 12.6. The van der Waals surface area contributed by atoms with E-state index in [4.69, 9.17) is 0 Å². The lowest BCUT2D eigenvalue weighted by Gasteiger charge is -2.20. The lowest BCUT2D eigenvalue weighted by Crippen LogP contribution is -2.45. The first-order valence-electron chi connectivity index (χ1n) is 38.8. The Morgan fingerprint density at radius 2 is 0.512 bits per heavy atom. The Balaban J connectivity index is 3.42. The maximum Gasteiger partial charge on any atom is 0.220 e. The van der Waals surface area contributed by atoms with Gasteiger partial charge in [-0.2, -0.15) is 0 Å². The van der Waals surface area contributed by atoms with E-state index in [1.807, 2.05) is 6.08 Å². The maximum absolute atomic E-state index is 12.6. The first-order chi connectivity index (χ1) is 42.7. The van der Waals surface area contributed by atoms with Crippen LogP contribution in [-0.4, -0.2) is 34.9 Å². The van der Waals surface area contributed by atoms with Crippen LogP contribution in [-0.2, 0) is 4.79 Å². The van der Waals surface area contributed by atoms with Crippen LogP contribution in [0.25, 0.3) is 0 Å². The van der Waals surface area contributed by atoms with Gasteiger partial charge in [0.25, 0.3) is 0 Å². The van der Waals surface area contributed by atoms with E-state index in [2.05, 4.69) is 92.1 Å². The van der Waals surface area contributed by atoms with Gasteiger partial charge in [0, 0.05) is 6.42 Å². The molecule has 0 fully saturated rings. The van der Waals surface area contributed by atoms with Crippen molar-refractivity contribution in [1.82, 2.24) is 5.32 Å². The van der Waals surface area contributed by atoms with E-state index in [-0.39, 0.29) is 12.5 Å². The number of hydrogen-bond acceptors (Lipinski definition) is 3. The van der Waals surface area contributed by atoms with Crippen LogP contribution in [0.4, 0.5) is 0 Å². The summed E-state index contributed by atoms with van der Waals surface area (Å²) in [7, 11) is 0. The molecule has 4 nitrogen and oxygen atoms in total. The molecule has 0 aliphatic rings.